The number of hydrogen-bond acceptors (Lipinski definition) is 4. The van der Waals surface area contributed by atoms with Gasteiger partial charge in [0, 0.05) is 36.8 Å². The number of rotatable bonds is 10. The molecule has 1 aliphatic rings. The number of hydrogen-bond donors (Lipinski definition) is 0. The van der Waals surface area contributed by atoms with E-state index in [0.29, 0.717) is 0 Å². The topological polar surface area (TPSA) is 28.6 Å². The smallest absolute Gasteiger partial charge is 0.128 e. The van der Waals surface area contributed by atoms with Crippen LogP contribution in [0.15, 0.2) is 53.1 Å². The normalized spacial score (nSPS) is 15.0. The molecular formula is C22H30BrN3O. The third kappa shape index (κ3) is 7.24. The third-order valence-electron chi connectivity index (χ3n) is 5.02. The number of aromatic nitrogens is 1. The lowest BCUT2D eigenvalue weighted by Crippen LogP contribution is -2.36. The molecule has 146 valence electrons. The van der Waals surface area contributed by atoms with Crippen LogP contribution < -0.4 is 4.90 Å². The van der Waals surface area contributed by atoms with Crippen molar-refractivity contribution in [3.05, 3.63) is 58.7 Å². The van der Waals surface area contributed by atoms with Crippen LogP contribution in [0.25, 0.3) is 0 Å². The van der Waals surface area contributed by atoms with Gasteiger partial charge in [0.1, 0.15) is 5.82 Å². The average molecular weight is 432 g/mol. The lowest BCUT2D eigenvalue weighted by Gasteiger charge is -2.26. The van der Waals surface area contributed by atoms with Gasteiger partial charge >= 0.3 is 0 Å². The molecule has 2 aromatic rings. The molecular weight excluding hydrogens is 402 g/mol. The fourth-order valence-corrected chi connectivity index (χ4v) is 3.71. The SMILES string of the molecule is Brc1ccc(CN(CCCCCCN2CCOCC2)c2ccccn2)cc1. The molecule has 27 heavy (non-hydrogen) atoms. The Bertz CT molecular complexity index is 644. The maximum atomic E-state index is 5.41. The summed E-state index contributed by atoms with van der Waals surface area (Å²) in [6, 6.07) is 14.7. The Kier molecular flexibility index (Phi) is 8.59. The monoisotopic (exact) mass is 431 g/mol. The average Bonchev–Trinajstić information content (AvgIpc) is 2.72. The molecule has 0 aliphatic carbocycles. The van der Waals surface area contributed by atoms with E-state index in [9.17, 15) is 0 Å². The van der Waals surface area contributed by atoms with Crippen molar-refractivity contribution in [3.8, 4) is 0 Å². The fourth-order valence-electron chi connectivity index (χ4n) is 3.44. The van der Waals surface area contributed by atoms with Crippen molar-refractivity contribution in [2.45, 2.75) is 32.2 Å². The highest BCUT2D eigenvalue weighted by Gasteiger charge is 2.10. The number of halogens is 1. The van der Waals surface area contributed by atoms with E-state index < -0.39 is 0 Å². The van der Waals surface area contributed by atoms with Crippen molar-refractivity contribution in [1.29, 1.82) is 0 Å². The molecule has 3 rings (SSSR count). The molecule has 1 aliphatic heterocycles. The van der Waals surface area contributed by atoms with Gasteiger partial charge in [-0.05, 0) is 49.2 Å². The molecule has 4 nitrogen and oxygen atoms in total. The molecule has 0 saturated carbocycles. The Labute approximate surface area is 171 Å². The van der Waals surface area contributed by atoms with Crippen LogP contribution in [0.4, 0.5) is 5.82 Å². The van der Waals surface area contributed by atoms with Gasteiger partial charge in [-0.25, -0.2) is 4.98 Å². The molecule has 0 bridgehead atoms. The van der Waals surface area contributed by atoms with Crippen molar-refractivity contribution < 1.29 is 4.74 Å². The number of pyridine rings is 1. The first-order chi connectivity index (χ1) is 13.3. The number of anilines is 1. The summed E-state index contributed by atoms with van der Waals surface area (Å²) in [5.41, 5.74) is 1.32. The summed E-state index contributed by atoms with van der Waals surface area (Å²) in [4.78, 5) is 9.49. The predicted molar refractivity (Wildman–Crippen MR) is 115 cm³/mol. The molecule has 0 atom stereocenters. The number of nitrogens with zero attached hydrogens (tertiary/aromatic N) is 3. The minimum absolute atomic E-state index is 0.898. The fraction of sp³-hybridized carbons (Fsp3) is 0.500. The van der Waals surface area contributed by atoms with Gasteiger partial charge in [-0.2, -0.15) is 0 Å². The van der Waals surface area contributed by atoms with E-state index >= 15 is 0 Å². The van der Waals surface area contributed by atoms with Crippen LogP contribution in [0.3, 0.4) is 0 Å². The molecule has 1 aromatic carbocycles. The van der Waals surface area contributed by atoms with Crippen LogP contribution in [0.2, 0.25) is 0 Å². The standard InChI is InChI=1S/C22H30BrN3O/c23-21-10-8-20(9-11-21)19-26(22-7-3-4-12-24-22)14-6-2-1-5-13-25-15-17-27-18-16-25/h3-4,7-12H,1-2,5-6,13-19H2. The van der Waals surface area contributed by atoms with E-state index in [0.717, 1.165) is 49.7 Å². The van der Waals surface area contributed by atoms with E-state index in [1.165, 1.54) is 37.8 Å². The lowest BCUT2D eigenvalue weighted by atomic mass is 10.1. The number of ether oxygens (including phenoxy) is 1. The zero-order valence-corrected chi connectivity index (χ0v) is 17.6. The second-order valence-electron chi connectivity index (χ2n) is 7.10. The van der Waals surface area contributed by atoms with Crippen molar-refractivity contribution in [2.24, 2.45) is 0 Å². The Morgan fingerprint density at radius 2 is 1.74 bits per heavy atom. The zero-order valence-electron chi connectivity index (χ0n) is 16.0. The van der Waals surface area contributed by atoms with Crippen molar-refractivity contribution in [3.63, 3.8) is 0 Å². The van der Waals surface area contributed by atoms with Crippen molar-refractivity contribution in [1.82, 2.24) is 9.88 Å². The van der Waals surface area contributed by atoms with Gasteiger partial charge in [-0.15, -0.1) is 0 Å². The summed E-state index contributed by atoms with van der Waals surface area (Å²) < 4.78 is 6.53. The number of unbranched alkanes of at least 4 members (excludes halogenated alkanes) is 3. The molecule has 0 N–H and O–H groups in total. The second kappa shape index (κ2) is 11.4. The Morgan fingerprint density at radius 1 is 0.963 bits per heavy atom. The van der Waals surface area contributed by atoms with E-state index in [4.69, 9.17) is 4.74 Å². The summed E-state index contributed by atoms with van der Waals surface area (Å²) in [6.07, 6.45) is 6.94. The van der Waals surface area contributed by atoms with Gasteiger partial charge in [0.05, 0.1) is 13.2 Å². The van der Waals surface area contributed by atoms with Crippen LogP contribution in [-0.4, -0.2) is 49.3 Å². The third-order valence-corrected chi connectivity index (χ3v) is 5.54. The van der Waals surface area contributed by atoms with Crippen molar-refractivity contribution in [2.75, 3.05) is 44.3 Å². The number of morpholine rings is 1. The Morgan fingerprint density at radius 3 is 2.48 bits per heavy atom. The van der Waals surface area contributed by atoms with Crippen LogP contribution in [0, 0.1) is 0 Å². The summed E-state index contributed by atoms with van der Waals surface area (Å²) in [5, 5.41) is 0. The quantitative estimate of drug-likeness (QED) is 0.507. The second-order valence-corrected chi connectivity index (χ2v) is 8.02. The van der Waals surface area contributed by atoms with E-state index in [2.05, 4.69) is 67.1 Å². The highest BCUT2D eigenvalue weighted by atomic mass is 79.9. The maximum Gasteiger partial charge on any atom is 0.128 e. The summed E-state index contributed by atoms with van der Waals surface area (Å²) in [7, 11) is 0. The van der Waals surface area contributed by atoms with Gasteiger partial charge in [0.25, 0.3) is 0 Å². The molecule has 0 amide bonds. The zero-order chi connectivity index (χ0) is 18.7. The van der Waals surface area contributed by atoms with Gasteiger partial charge in [0.15, 0.2) is 0 Å². The first-order valence-electron chi connectivity index (χ1n) is 10.0. The minimum atomic E-state index is 0.898. The van der Waals surface area contributed by atoms with Gasteiger partial charge in [0.2, 0.25) is 0 Å². The summed E-state index contributed by atoms with van der Waals surface area (Å²) in [5.74, 6) is 1.06. The first-order valence-corrected chi connectivity index (χ1v) is 10.8. The summed E-state index contributed by atoms with van der Waals surface area (Å²) in [6.45, 7) is 7.15. The molecule has 2 heterocycles. The lowest BCUT2D eigenvalue weighted by molar-refractivity contribution is 0.0371. The molecule has 1 aromatic heterocycles. The van der Waals surface area contributed by atoms with E-state index in [1.807, 2.05) is 12.3 Å². The minimum Gasteiger partial charge on any atom is -0.379 e. The van der Waals surface area contributed by atoms with Gasteiger partial charge in [-0.1, -0.05) is 47.0 Å². The van der Waals surface area contributed by atoms with Crippen LogP contribution in [0.1, 0.15) is 31.2 Å². The molecule has 1 saturated heterocycles. The largest absolute Gasteiger partial charge is 0.379 e. The van der Waals surface area contributed by atoms with Crippen LogP contribution in [-0.2, 0) is 11.3 Å². The molecule has 5 heteroatoms. The van der Waals surface area contributed by atoms with Gasteiger partial charge in [-0.3, -0.25) is 4.90 Å². The van der Waals surface area contributed by atoms with Crippen LogP contribution in [0.5, 0.6) is 0 Å². The predicted octanol–water partition coefficient (Wildman–Crippen LogP) is 4.74. The Hall–Kier alpha value is -1.43. The van der Waals surface area contributed by atoms with Crippen LogP contribution >= 0.6 is 15.9 Å². The highest BCUT2D eigenvalue weighted by Crippen LogP contribution is 2.17. The maximum absolute atomic E-state index is 5.41. The Balaban J connectivity index is 1.43. The summed E-state index contributed by atoms with van der Waals surface area (Å²) >= 11 is 3.51. The van der Waals surface area contributed by atoms with Gasteiger partial charge < -0.3 is 9.64 Å². The first kappa shape index (κ1) is 20.3. The van der Waals surface area contributed by atoms with E-state index in [1.54, 1.807) is 0 Å². The van der Waals surface area contributed by atoms with Crippen molar-refractivity contribution >= 4 is 21.7 Å². The molecule has 0 radical (unpaired) electrons. The molecule has 0 unspecified atom stereocenters. The molecule has 0 spiro atoms. The molecule has 1 fully saturated rings. The number of benzene rings is 1. The van der Waals surface area contributed by atoms with E-state index in [-0.39, 0.29) is 0 Å². The highest BCUT2D eigenvalue weighted by molar-refractivity contribution is 9.10.